The first kappa shape index (κ1) is 14.2. The number of nitrogens with zero attached hydrogens (tertiary/aromatic N) is 3. The molecule has 0 aliphatic heterocycles. The Bertz CT molecular complexity index is 617. The van der Waals surface area contributed by atoms with Crippen LogP contribution in [0.25, 0.3) is 0 Å². The van der Waals surface area contributed by atoms with E-state index < -0.39 is 0 Å². The first-order chi connectivity index (χ1) is 9.52. The van der Waals surface area contributed by atoms with Crippen molar-refractivity contribution in [2.45, 2.75) is 33.2 Å². The highest BCUT2D eigenvalue weighted by atomic mass is 16.5. The lowest BCUT2D eigenvalue weighted by molar-refractivity contribution is 0.0989. The molecule has 0 saturated carbocycles. The number of ketones is 1. The molecule has 5 nitrogen and oxygen atoms in total. The van der Waals surface area contributed by atoms with Crippen LogP contribution in [0.1, 0.15) is 41.6 Å². The van der Waals surface area contributed by atoms with E-state index in [1.165, 1.54) is 6.33 Å². The molecule has 1 heterocycles. The largest absolute Gasteiger partial charge is 0.496 e. The molecule has 0 N–H and O–H groups in total. The van der Waals surface area contributed by atoms with Crippen molar-refractivity contribution in [3.63, 3.8) is 0 Å². The van der Waals surface area contributed by atoms with Crippen LogP contribution >= 0.6 is 0 Å². The van der Waals surface area contributed by atoms with Gasteiger partial charge in [0.1, 0.15) is 17.9 Å². The molecular formula is C15H19N3O2. The summed E-state index contributed by atoms with van der Waals surface area (Å²) in [6.07, 6.45) is 1.74. The fourth-order valence-electron chi connectivity index (χ4n) is 2.13. The lowest BCUT2D eigenvalue weighted by Gasteiger charge is -2.09. The Kier molecular flexibility index (Phi) is 4.17. The highest BCUT2D eigenvalue weighted by molar-refractivity contribution is 5.97. The minimum atomic E-state index is 0.0330. The molecule has 0 fully saturated rings. The third-order valence-corrected chi connectivity index (χ3v) is 3.17. The molecule has 20 heavy (non-hydrogen) atoms. The number of carbonyl (C=O) groups excluding carboxylic acids is 1. The quantitative estimate of drug-likeness (QED) is 0.786. The fourth-order valence-corrected chi connectivity index (χ4v) is 2.13. The van der Waals surface area contributed by atoms with E-state index in [-0.39, 0.29) is 18.2 Å². The maximum Gasteiger partial charge on any atom is 0.170 e. The van der Waals surface area contributed by atoms with Crippen LogP contribution < -0.4 is 4.74 Å². The molecule has 0 saturated heterocycles. The Hall–Kier alpha value is -2.17. The lowest BCUT2D eigenvalue weighted by atomic mass is 10.0. The first-order valence-electron chi connectivity index (χ1n) is 6.59. The zero-order chi connectivity index (χ0) is 14.7. The summed E-state index contributed by atoms with van der Waals surface area (Å²) < 4.78 is 6.97. The smallest absolute Gasteiger partial charge is 0.170 e. The van der Waals surface area contributed by atoms with Gasteiger partial charge in [-0.15, -0.1) is 0 Å². The minimum Gasteiger partial charge on any atom is -0.496 e. The molecule has 0 atom stereocenters. The average Bonchev–Trinajstić information content (AvgIpc) is 2.86. The summed E-state index contributed by atoms with van der Waals surface area (Å²) in [5.41, 5.74) is 1.62. The third kappa shape index (κ3) is 2.87. The van der Waals surface area contributed by atoms with Crippen LogP contribution in [0.5, 0.6) is 5.75 Å². The SMILES string of the molecule is COc1ccc(C(=O)Cc2ncnn2C(C)C)cc1C. The molecule has 0 aliphatic carbocycles. The topological polar surface area (TPSA) is 57.0 Å². The van der Waals surface area contributed by atoms with Crippen LogP contribution in [0.2, 0.25) is 0 Å². The van der Waals surface area contributed by atoms with Crippen LogP contribution in [-0.4, -0.2) is 27.7 Å². The predicted octanol–water partition coefficient (Wildman–Crippen LogP) is 2.60. The second-order valence-electron chi connectivity index (χ2n) is 5.00. The molecule has 106 valence electrons. The van der Waals surface area contributed by atoms with Crippen molar-refractivity contribution < 1.29 is 9.53 Å². The number of methoxy groups -OCH3 is 1. The summed E-state index contributed by atoms with van der Waals surface area (Å²) in [5, 5.41) is 4.14. The zero-order valence-corrected chi connectivity index (χ0v) is 12.3. The van der Waals surface area contributed by atoms with Crippen molar-refractivity contribution in [3.8, 4) is 5.75 Å². The van der Waals surface area contributed by atoms with Gasteiger partial charge in [0, 0.05) is 11.6 Å². The number of Topliss-reactive ketones (excluding diaryl/α,β-unsaturated/α-hetero) is 1. The van der Waals surface area contributed by atoms with Crippen molar-refractivity contribution in [2.24, 2.45) is 0 Å². The predicted molar refractivity (Wildman–Crippen MR) is 76.2 cm³/mol. The second-order valence-corrected chi connectivity index (χ2v) is 5.00. The summed E-state index contributed by atoms with van der Waals surface area (Å²) in [7, 11) is 1.62. The van der Waals surface area contributed by atoms with Crippen LogP contribution in [0, 0.1) is 6.92 Å². The van der Waals surface area contributed by atoms with E-state index in [1.54, 1.807) is 17.9 Å². The van der Waals surface area contributed by atoms with Crippen LogP contribution in [0.4, 0.5) is 0 Å². The van der Waals surface area contributed by atoms with Crippen LogP contribution in [0.3, 0.4) is 0 Å². The normalized spacial score (nSPS) is 10.8. The maximum absolute atomic E-state index is 12.3. The van der Waals surface area contributed by atoms with E-state index in [0.29, 0.717) is 11.4 Å². The zero-order valence-electron chi connectivity index (χ0n) is 12.3. The van der Waals surface area contributed by atoms with Gasteiger partial charge >= 0.3 is 0 Å². The number of rotatable bonds is 5. The van der Waals surface area contributed by atoms with Gasteiger partial charge in [-0.1, -0.05) is 0 Å². The van der Waals surface area contributed by atoms with E-state index in [1.807, 2.05) is 32.9 Å². The van der Waals surface area contributed by atoms with Gasteiger partial charge < -0.3 is 4.74 Å². The molecule has 2 rings (SSSR count). The van der Waals surface area contributed by atoms with E-state index in [0.717, 1.165) is 11.3 Å². The van der Waals surface area contributed by atoms with Gasteiger partial charge in [-0.25, -0.2) is 9.67 Å². The fraction of sp³-hybridized carbons (Fsp3) is 0.400. The molecule has 0 bridgehead atoms. The van der Waals surface area contributed by atoms with Crippen LogP contribution in [0.15, 0.2) is 24.5 Å². The van der Waals surface area contributed by atoms with Gasteiger partial charge in [-0.3, -0.25) is 4.79 Å². The Morgan fingerprint density at radius 1 is 1.40 bits per heavy atom. The number of aryl methyl sites for hydroxylation is 1. The van der Waals surface area contributed by atoms with Crippen molar-refractivity contribution in [2.75, 3.05) is 7.11 Å². The minimum absolute atomic E-state index is 0.0330. The van der Waals surface area contributed by atoms with E-state index in [4.69, 9.17) is 4.74 Å². The Morgan fingerprint density at radius 2 is 2.15 bits per heavy atom. The summed E-state index contributed by atoms with van der Waals surface area (Å²) >= 11 is 0. The number of carbonyl (C=O) groups is 1. The summed E-state index contributed by atoms with van der Waals surface area (Å²) in [6.45, 7) is 5.95. The van der Waals surface area contributed by atoms with E-state index >= 15 is 0 Å². The molecule has 0 aliphatic rings. The van der Waals surface area contributed by atoms with Gasteiger partial charge in [-0.05, 0) is 44.5 Å². The molecule has 0 amide bonds. The molecule has 1 aromatic heterocycles. The molecule has 1 aromatic carbocycles. The van der Waals surface area contributed by atoms with Gasteiger partial charge in [-0.2, -0.15) is 5.10 Å². The highest BCUT2D eigenvalue weighted by Gasteiger charge is 2.14. The standard InChI is InChI=1S/C15H19N3O2/c1-10(2)18-15(16-9-17-18)8-13(19)12-5-6-14(20-4)11(3)7-12/h5-7,9-10H,8H2,1-4H3. The molecule has 0 spiro atoms. The molecule has 2 aromatic rings. The van der Waals surface area contributed by atoms with Crippen molar-refractivity contribution >= 4 is 5.78 Å². The first-order valence-corrected chi connectivity index (χ1v) is 6.59. The molecule has 5 heteroatoms. The third-order valence-electron chi connectivity index (χ3n) is 3.17. The summed E-state index contributed by atoms with van der Waals surface area (Å²) in [5.74, 6) is 1.51. The Morgan fingerprint density at radius 3 is 2.75 bits per heavy atom. The van der Waals surface area contributed by atoms with Gasteiger partial charge in [0.15, 0.2) is 5.78 Å². The maximum atomic E-state index is 12.3. The number of benzene rings is 1. The summed E-state index contributed by atoms with van der Waals surface area (Å²) in [6, 6.07) is 5.63. The number of hydrogen-bond acceptors (Lipinski definition) is 4. The van der Waals surface area contributed by atoms with Gasteiger partial charge in [0.25, 0.3) is 0 Å². The highest BCUT2D eigenvalue weighted by Crippen LogP contribution is 2.19. The van der Waals surface area contributed by atoms with Crippen LogP contribution in [-0.2, 0) is 6.42 Å². The van der Waals surface area contributed by atoms with E-state index in [2.05, 4.69) is 10.1 Å². The molecule has 0 unspecified atom stereocenters. The molecule has 0 radical (unpaired) electrons. The monoisotopic (exact) mass is 273 g/mol. The van der Waals surface area contributed by atoms with Crippen molar-refractivity contribution in [1.82, 2.24) is 14.8 Å². The average molecular weight is 273 g/mol. The Balaban J connectivity index is 2.20. The molecular weight excluding hydrogens is 254 g/mol. The number of ether oxygens (including phenoxy) is 1. The Labute approximate surface area is 118 Å². The lowest BCUT2D eigenvalue weighted by Crippen LogP contribution is -2.13. The second kappa shape index (κ2) is 5.86. The van der Waals surface area contributed by atoms with Crippen molar-refractivity contribution in [3.05, 3.63) is 41.5 Å². The number of aromatic nitrogens is 3. The van der Waals surface area contributed by atoms with Gasteiger partial charge in [0.05, 0.1) is 13.5 Å². The number of hydrogen-bond donors (Lipinski definition) is 0. The van der Waals surface area contributed by atoms with Gasteiger partial charge in [0.2, 0.25) is 0 Å². The van der Waals surface area contributed by atoms with E-state index in [9.17, 15) is 4.79 Å². The van der Waals surface area contributed by atoms with Crippen molar-refractivity contribution in [1.29, 1.82) is 0 Å². The summed E-state index contributed by atoms with van der Waals surface area (Å²) in [4.78, 5) is 16.5.